The van der Waals surface area contributed by atoms with Gasteiger partial charge in [0.25, 0.3) is 0 Å². The van der Waals surface area contributed by atoms with E-state index in [0.29, 0.717) is 5.92 Å². The Balaban J connectivity index is 2.96. The van der Waals surface area contributed by atoms with E-state index in [-0.39, 0.29) is 12.1 Å². The molecule has 0 aliphatic carbocycles. The average Bonchev–Trinajstić information content (AvgIpc) is 2.16. The molecule has 90 valence electrons. The zero-order valence-corrected chi connectivity index (χ0v) is 10.9. The van der Waals surface area contributed by atoms with Crippen LogP contribution < -0.4 is 10.5 Å². The lowest BCUT2D eigenvalue weighted by Crippen LogP contribution is -2.33. The molecule has 1 rings (SSSR count). The highest BCUT2D eigenvalue weighted by Gasteiger charge is 2.13. The third kappa shape index (κ3) is 3.24. The normalized spacial score (nSPS) is 14.9. The number of nitrogens with two attached hydrogens (primary N) is 1. The van der Waals surface area contributed by atoms with Gasteiger partial charge in [-0.15, -0.1) is 0 Å². The molecule has 2 nitrogen and oxygen atoms in total. The minimum atomic E-state index is 0.0410. The SMILES string of the molecule is Cc1ccc(C(C)C)c(OC(C)C(C)N)c1. The standard InChI is InChI=1S/C14H23NO/c1-9(2)13-7-6-10(3)8-14(13)16-12(5)11(4)15/h6-9,11-12H,15H2,1-5H3. The average molecular weight is 221 g/mol. The van der Waals surface area contributed by atoms with Gasteiger partial charge in [-0.2, -0.15) is 0 Å². The van der Waals surface area contributed by atoms with Crippen molar-refractivity contribution in [3.8, 4) is 5.75 Å². The van der Waals surface area contributed by atoms with Crippen molar-refractivity contribution in [2.75, 3.05) is 0 Å². The first-order valence-electron chi connectivity index (χ1n) is 5.94. The fraction of sp³-hybridized carbons (Fsp3) is 0.571. The number of hydrogen-bond acceptors (Lipinski definition) is 2. The first-order chi connectivity index (χ1) is 7.41. The highest BCUT2D eigenvalue weighted by atomic mass is 16.5. The Bertz CT molecular complexity index is 345. The van der Waals surface area contributed by atoms with Crippen LogP contribution in [0.4, 0.5) is 0 Å². The van der Waals surface area contributed by atoms with E-state index in [9.17, 15) is 0 Å². The van der Waals surface area contributed by atoms with Gasteiger partial charge in [-0.05, 0) is 43.9 Å². The van der Waals surface area contributed by atoms with Gasteiger partial charge in [0.05, 0.1) is 0 Å². The molecule has 0 fully saturated rings. The summed E-state index contributed by atoms with van der Waals surface area (Å²) in [7, 11) is 0. The maximum Gasteiger partial charge on any atom is 0.123 e. The topological polar surface area (TPSA) is 35.2 Å². The molecule has 0 aliphatic rings. The second kappa shape index (κ2) is 5.35. The largest absolute Gasteiger partial charge is 0.489 e. The van der Waals surface area contributed by atoms with Gasteiger partial charge < -0.3 is 10.5 Å². The van der Waals surface area contributed by atoms with Gasteiger partial charge in [-0.3, -0.25) is 0 Å². The molecular weight excluding hydrogens is 198 g/mol. The van der Waals surface area contributed by atoms with Crippen molar-refractivity contribution in [2.45, 2.75) is 52.7 Å². The van der Waals surface area contributed by atoms with E-state index in [0.717, 1.165) is 5.75 Å². The second-order valence-corrected chi connectivity index (χ2v) is 4.88. The van der Waals surface area contributed by atoms with Crippen molar-refractivity contribution >= 4 is 0 Å². The third-order valence-electron chi connectivity index (χ3n) is 2.84. The van der Waals surface area contributed by atoms with Gasteiger partial charge >= 0.3 is 0 Å². The molecule has 0 saturated carbocycles. The number of ether oxygens (including phenoxy) is 1. The molecule has 0 radical (unpaired) electrons. The lowest BCUT2D eigenvalue weighted by molar-refractivity contribution is 0.194. The van der Waals surface area contributed by atoms with Gasteiger partial charge in [0.15, 0.2) is 0 Å². The molecule has 2 atom stereocenters. The summed E-state index contributed by atoms with van der Waals surface area (Å²) in [5, 5.41) is 0. The van der Waals surface area contributed by atoms with Gasteiger partial charge in [-0.1, -0.05) is 26.0 Å². The number of hydrogen-bond donors (Lipinski definition) is 1. The van der Waals surface area contributed by atoms with Crippen molar-refractivity contribution in [1.82, 2.24) is 0 Å². The minimum absolute atomic E-state index is 0.0410. The molecule has 0 amide bonds. The highest BCUT2D eigenvalue weighted by Crippen LogP contribution is 2.28. The maximum atomic E-state index is 5.92. The lowest BCUT2D eigenvalue weighted by Gasteiger charge is -2.21. The number of aryl methyl sites for hydroxylation is 1. The van der Waals surface area contributed by atoms with Gasteiger partial charge in [-0.25, -0.2) is 0 Å². The first-order valence-corrected chi connectivity index (χ1v) is 5.94. The molecule has 16 heavy (non-hydrogen) atoms. The van der Waals surface area contributed by atoms with Crippen molar-refractivity contribution in [3.05, 3.63) is 29.3 Å². The second-order valence-electron chi connectivity index (χ2n) is 4.88. The van der Waals surface area contributed by atoms with E-state index in [4.69, 9.17) is 10.5 Å². The Hall–Kier alpha value is -1.02. The van der Waals surface area contributed by atoms with E-state index in [1.807, 2.05) is 13.8 Å². The van der Waals surface area contributed by atoms with Crippen LogP contribution in [-0.2, 0) is 0 Å². The molecule has 1 aromatic carbocycles. The summed E-state index contributed by atoms with van der Waals surface area (Å²) in [6, 6.07) is 6.40. The summed E-state index contributed by atoms with van der Waals surface area (Å²) >= 11 is 0. The van der Waals surface area contributed by atoms with E-state index in [2.05, 4.69) is 39.0 Å². The van der Waals surface area contributed by atoms with Crippen LogP contribution in [0.25, 0.3) is 0 Å². The monoisotopic (exact) mass is 221 g/mol. The van der Waals surface area contributed by atoms with Crippen LogP contribution in [0.1, 0.15) is 44.7 Å². The zero-order valence-electron chi connectivity index (χ0n) is 10.9. The van der Waals surface area contributed by atoms with Gasteiger partial charge in [0.1, 0.15) is 11.9 Å². The summed E-state index contributed by atoms with van der Waals surface area (Å²) in [5.41, 5.74) is 8.29. The summed E-state index contributed by atoms with van der Waals surface area (Å²) < 4.78 is 5.92. The van der Waals surface area contributed by atoms with Crippen LogP contribution in [-0.4, -0.2) is 12.1 Å². The summed E-state index contributed by atoms with van der Waals surface area (Å²) in [6.45, 7) is 10.4. The third-order valence-corrected chi connectivity index (χ3v) is 2.84. The predicted molar refractivity (Wildman–Crippen MR) is 69.0 cm³/mol. The van der Waals surface area contributed by atoms with Crippen molar-refractivity contribution in [3.63, 3.8) is 0 Å². The van der Waals surface area contributed by atoms with Gasteiger partial charge in [0.2, 0.25) is 0 Å². The van der Waals surface area contributed by atoms with Crippen LogP contribution in [0.3, 0.4) is 0 Å². The minimum Gasteiger partial charge on any atom is -0.489 e. The molecule has 1 aromatic rings. The Morgan fingerprint density at radius 2 is 1.75 bits per heavy atom. The smallest absolute Gasteiger partial charge is 0.123 e. The molecular formula is C14H23NO. The van der Waals surface area contributed by atoms with Crippen LogP contribution in [0, 0.1) is 6.92 Å². The quantitative estimate of drug-likeness (QED) is 0.847. The summed E-state index contributed by atoms with van der Waals surface area (Å²) in [4.78, 5) is 0. The summed E-state index contributed by atoms with van der Waals surface area (Å²) in [5.74, 6) is 1.44. The Morgan fingerprint density at radius 1 is 1.12 bits per heavy atom. The van der Waals surface area contributed by atoms with Crippen molar-refractivity contribution in [1.29, 1.82) is 0 Å². The molecule has 0 aromatic heterocycles. The lowest BCUT2D eigenvalue weighted by atomic mass is 10.0. The maximum absolute atomic E-state index is 5.92. The number of rotatable bonds is 4. The molecule has 0 spiro atoms. The Morgan fingerprint density at radius 3 is 2.25 bits per heavy atom. The first kappa shape index (κ1) is 13.0. The molecule has 2 unspecified atom stereocenters. The molecule has 0 bridgehead atoms. The van der Waals surface area contributed by atoms with E-state index >= 15 is 0 Å². The van der Waals surface area contributed by atoms with E-state index < -0.39 is 0 Å². The predicted octanol–water partition coefficient (Wildman–Crippen LogP) is 3.23. The molecule has 0 aliphatic heterocycles. The fourth-order valence-electron chi connectivity index (χ4n) is 1.53. The van der Waals surface area contributed by atoms with E-state index in [1.165, 1.54) is 11.1 Å². The van der Waals surface area contributed by atoms with Crippen molar-refractivity contribution in [2.24, 2.45) is 5.73 Å². The zero-order chi connectivity index (χ0) is 12.3. The number of benzene rings is 1. The fourth-order valence-corrected chi connectivity index (χ4v) is 1.53. The summed E-state index contributed by atoms with van der Waals surface area (Å²) in [6.07, 6.45) is 0.0410. The molecule has 0 saturated heterocycles. The van der Waals surface area contributed by atoms with E-state index in [1.54, 1.807) is 0 Å². The van der Waals surface area contributed by atoms with Gasteiger partial charge in [0, 0.05) is 6.04 Å². The Kier molecular flexibility index (Phi) is 4.36. The molecule has 2 heteroatoms. The Labute approximate surface area is 98.8 Å². The van der Waals surface area contributed by atoms with Crippen molar-refractivity contribution < 1.29 is 4.74 Å². The molecule has 0 heterocycles. The van der Waals surface area contributed by atoms with Crippen LogP contribution >= 0.6 is 0 Å². The van der Waals surface area contributed by atoms with Crippen LogP contribution in [0.15, 0.2) is 18.2 Å². The van der Waals surface area contributed by atoms with Crippen LogP contribution in [0.5, 0.6) is 5.75 Å². The van der Waals surface area contributed by atoms with Crippen LogP contribution in [0.2, 0.25) is 0 Å². The highest BCUT2D eigenvalue weighted by molar-refractivity contribution is 5.39. The molecule has 2 N–H and O–H groups in total.